The third-order valence-electron chi connectivity index (χ3n) is 1.98. The van der Waals surface area contributed by atoms with E-state index in [0.29, 0.717) is 12.2 Å². The zero-order valence-electron chi connectivity index (χ0n) is 8.99. The molecule has 0 atom stereocenters. The van der Waals surface area contributed by atoms with Gasteiger partial charge in [-0.15, -0.1) is 0 Å². The standard InChI is InChI=1S/C11H16FNO3/c12-10-3-1-2-9(8-13)11(10)16-7-6-15-5-4-14/h1-3,14H,4-8,13H2. The molecule has 4 nitrogen and oxygen atoms in total. The third-order valence-corrected chi connectivity index (χ3v) is 1.98. The molecule has 0 unspecified atom stereocenters. The van der Waals surface area contributed by atoms with E-state index < -0.39 is 5.82 Å². The molecule has 0 amide bonds. The van der Waals surface area contributed by atoms with Crippen LogP contribution in [0.15, 0.2) is 18.2 Å². The van der Waals surface area contributed by atoms with E-state index in [0.717, 1.165) is 0 Å². The van der Waals surface area contributed by atoms with Gasteiger partial charge in [-0.3, -0.25) is 0 Å². The van der Waals surface area contributed by atoms with Gasteiger partial charge >= 0.3 is 0 Å². The van der Waals surface area contributed by atoms with Crippen LogP contribution in [-0.2, 0) is 11.3 Å². The molecule has 3 N–H and O–H groups in total. The first-order valence-corrected chi connectivity index (χ1v) is 5.08. The van der Waals surface area contributed by atoms with Gasteiger partial charge in [0.2, 0.25) is 0 Å². The Balaban J connectivity index is 2.46. The maximum absolute atomic E-state index is 13.4. The average Bonchev–Trinajstić information content (AvgIpc) is 2.30. The van der Waals surface area contributed by atoms with Crippen molar-refractivity contribution in [3.8, 4) is 5.75 Å². The summed E-state index contributed by atoms with van der Waals surface area (Å²) in [6.07, 6.45) is 0. The largest absolute Gasteiger partial charge is 0.488 e. The number of ether oxygens (including phenoxy) is 2. The summed E-state index contributed by atoms with van der Waals surface area (Å²) in [4.78, 5) is 0. The number of rotatable bonds is 7. The average molecular weight is 229 g/mol. The fourth-order valence-electron chi connectivity index (χ4n) is 1.25. The van der Waals surface area contributed by atoms with E-state index >= 15 is 0 Å². The maximum atomic E-state index is 13.4. The van der Waals surface area contributed by atoms with E-state index in [1.54, 1.807) is 12.1 Å². The molecule has 0 heterocycles. The SMILES string of the molecule is NCc1cccc(F)c1OCCOCCO. The second kappa shape index (κ2) is 7.16. The summed E-state index contributed by atoms with van der Waals surface area (Å²) >= 11 is 0. The van der Waals surface area contributed by atoms with Crippen LogP contribution in [0, 0.1) is 5.82 Å². The summed E-state index contributed by atoms with van der Waals surface area (Å²) in [7, 11) is 0. The fraction of sp³-hybridized carbons (Fsp3) is 0.455. The second-order valence-corrected chi connectivity index (χ2v) is 3.12. The number of hydrogen-bond acceptors (Lipinski definition) is 4. The van der Waals surface area contributed by atoms with Gasteiger partial charge in [-0.05, 0) is 6.07 Å². The molecule has 1 aromatic carbocycles. The predicted octanol–water partition coefficient (Wildman–Crippen LogP) is 0.672. The molecule has 0 radical (unpaired) electrons. The Kier molecular flexibility index (Phi) is 5.77. The van der Waals surface area contributed by atoms with Crippen LogP contribution in [0.2, 0.25) is 0 Å². The Bertz CT molecular complexity index is 320. The minimum atomic E-state index is -0.426. The molecule has 5 heteroatoms. The number of aliphatic hydroxyl groups is 1. The molecular weight excluding hydrogens is 213 g/mol. The summed E-state index contributed by atoms with van der Waals surface area (Å²) in [5.41, 5.74) is 6.09. The van der Waals surface area contributed by atoms with Gasteiger partial charge in [0.1, 0.15) is 6.61 Å². The fourth-order valence-corrected chi connectivity index (χ4v) is 1.25. The van der Waals surface area contributed by atoms with Gasteiger partial charge in [-0.2, -0.15) is 0 Å². The van der Waals surface area contributed by atoms with E-state index in [9.17, 15) is 4.39 Å². The van der Waals surface area contributed by atoms with Crippen LogP contribution in [0.3, 0.4) is 0 Å². The molecule has 0 saturated heterocycles. The van der Waals surface area contributed by atoms with Crippen molar-refractivity contribution in [1.82, 2.24) is 0 Å². The highest BCUT2D eigenvalue weighted by Crippen LogP contribution is 2.21. The van der Waals surface area contributed by atoms with Crippen molar-refractivity contribution >= 4 is 0 Å². The molecule has 16 heavy (non-hydrogen) atoms. The Hall–Kier alpha value is -1.17. The molecule has 0 aliphatic carbocycles. The normalized spacial score (nSPS) is 10.4. The number of halogens is 1. The summed E-state index contributed by atoms with van der Waals surface area (Å²) < 4.78 is 23.6. The smallest absolute Gasteiger partial charge is 0.165 e. The Labute approximate surface area is 93.8 Å². The summed E-state index contributed by atoms with van der Waals surface area (Å²) in [5.74, 6) is -0.247. The van der Waals surface area contributed by atoms with Crippen molar-refractivity contribution < 1.29 is 19.0 Å². The lowest BCUT2D eigenvalue weighted by molar-refractivity contribution is 0.0694. The topological polar surface area (TPSA) is 64.7 Å². The summed E-state index contributed by atoms with van der Waals surface area (Å²) in [5, 5.41) is 8.47. The van der Waals surface area contributed by atoms with Crippen LogP contribution in [0.4, 0.5) is 4.39 Å². The molecule has 0 fully saturated rings. The van der Waals surface area contributed by atoms with Crippen molar-refractivity contribution in [2.24, 2.45) is 5.73 Å². The molecule has 1 rings (SSSR count). The molecule has 0 aromatic heterocycles. The van der Waals surface area contributed by atoms with Crippen LogP contribution in [0.5, 0.6) is 5.75 Å². The second-order valence-electron chi connectivity index (χ2n) is 3.12. The Morgan fingerprint density at radius 2 is 2.06 bits per heavy atom. The molecule has 0 spiro atoms. The van der Waals surface area contributed by atoms with Gasteiger partial charge in [0.25, 0.3) is 0 Å². The minimum absolute atomic E-state index is 0.0340. The molecular formula is C11H16FNO3. The Morgan fingerprint density at radius 1 is 1.25 bits per heavy atom. The zero-order chi connectivity index (χ0) is 11.8. The first-order chi connectivity index (χ1) is 7.79. The lowest BCUT2D eigenvalue weighted by Crippen LogP contribution is -2.11. The van der Waals surface area contributed by atoms with Crippen LogP contribution >= 0.6 is 0 Å². The summed E-state index contributed by atoms with van der Waals surface area (Å²) in [6, 6.07) is 4.63. The van der Waals surface area contributed by atoms with Crippen molar-refractivity contribution in [3.63, 3.8) is 0 Å². The highest BCUT2D eigenvalue weighted by molar-refractivity contribution is 5.34. The highest BCUT2D eigenvalue weighted by atomic mass is 19.1. The minimum Gasteiger partial charge on any atom is -0.488 e. The van der Waals surface area contributed by atoms with Gasteiger partial charge in [-0.25, -0.2) is 4.39 Å². The van der Waals surface area contributed by atoms with Crippen molar-refractivity contribution in [3.05, 3.63) is 29.6 Å². The lowest BCUT2D eigenvalue weighted by atomic mass is 10.2. The number of benzene rings is 1. The Morgan fingerprint density at radius 3 is 2.75 bits per heavy atom. The van der Waals surface area contributed by atoms with Crippen LogP contribution < -0.4 is 10.5 Å². The van der Waals surface area contributed by atoms with Gasteiger partial charge in [0, 0.05) is 12.1 Å². The molecule has 0 bridgehead atoms. The molecule has 0 aliphatic rings. The van der Waals surface area contributed by atoms with Gasteiger partial charge in [0.05, 0.1) is 19.8 Å². The van der Waals surface area contributed by atoms with Crippen LogP contribution in [0.25, 0.3) is 0 Å². The molecule has 90 valence electrons. The third kappa shape index (κ3) is 3.77. The van der Waals surface area contributed by atoms with E-state index in [4.69, 9.17) is 20.3 Å². The lowest BCUT2D eigenvalue weighted by Gasteiger charge is -2.11. The van der Waals surface area contributed by atoms with Crippen molar-refractivity contribution in [2.75, 3.05) is 26.4 Å². The van der Waals surface area contributed by atoms with E-state index in [1.807, 2.05) is 0 Å². The predicted molar refractivity (Wildman–Crippen MR) is 57.7 cm³/mol. The number of para-hydroxylation sites is 1. The van der Waals surface area contributed by atoms with Crippen molar-refractivity contribution in [2.45, 2.75) is 6.54 Å². The van der Waals surface area contributed by atoms with E-state index in [-0.39, 0.29) is 32.1 Å². The molecule has 0 aliphatic heterocycles. The number of nitrogens with two attached hydrogens (primary N) is 1. The van der Waals surface area contributed by atoms with Crippen LogP contribution in [0.1, 0.15) is 5.56 Å². The van der Waals surface area contributed by atoms with Crippen LogP contribution in [-0.4, -0.2) is 31.5 Å². The quantitative estimate of drug-likeness (QED) is 0.674. The molecule has 1 aromatic rings. The monoisotopic (exact) mass is 229 g/mol. The zero-order valence-corrected chi connectivity index (χ0v) is 8.99. The first-order valence-electron chi connectivity index (χ1n) is 5.08. The van der Waals surface area contributed by atoms with Gasteiger partial charge in [0.15, 0.2) is 11.6 Å². The first kappa shape index (κ1) is 12.9. The van der Waals surface area contributed by atoms with E-state index in [1.165, 1.54) is 6.07 Å². The van der Waals surface area contributed by atoms with Gasteiger partial charge in [-0.1, -0.05) is 12.1 Å². The highest BCUT2D eigenvalue weighted by Gasteiger charge is 2.07. The van der Waals surface area contributed by atoms with Crippen molar-refractivity contribution in [1.29, 1.82) is 0 Å². The number of aliphatic hydroxyl groups excluding tert-OH is 1. The number of hydrogen-bond donors (Lipinski definition) is 2. The maximum Gasteiger partial charge on any atom is 0.165 e. The van der Waals surface area contributed by atoms with E-state index in [2.05, 4.69) is 0 Å². The summed E-state index contributed by atoms with van der Waals surface area (Å²) in [6.45, 7) is 0.982. The molecule has 0 saturated carbocycles. The van der Waals surface area contributed by atoms with Gasteiger partial charge < -0.3 is 20.3 Å².